The number of aliphatic hydroxyl groups is 1. The second-order valence-electron chi connectivity index (χ2n) is 11.2. The molecule has 6 rings (SSSR count). The molecule has 3 aromatic rings. The quantitative estimate of drug-likeness (QED) is 0.396. The van der Waals surface area contributed by atoms with E-state index in [9.17, 15) is 14.7 Å². The Morgan fingerprint density at radius 1 is 0.902 bits per heavy atom. The molecule has 2 saturated heterocycles. The highest BCUT2D eigenvalue weighted by molar-refractivity contribution is 6.34. The van der Waals surface area contributed by atoms with Crippen molar-refractivity contribution < 1.29 is 28.9 Å². The molecule has 3 heterocycles. The SMILES string of the molecule is COCC1CCCN1CC1OC(c2ccc(N3C(=O)c4ccccc4C3=O)cc2)OC(c2ccc(CO)cc2)C1C. The summed E-state index contributed by atoms with van der Waals surface area (Å²) < 4.78 is 18.7. The van der Waals surface area contributed by atoms with Gasteiger partial charge in [-0.3, -0.25) is 14.5 Å². The zero-order chi connectivity index (χ0) is 28.5. The van der Waals surface area contributed by atoms with Crippen molar-refractivity contribution in [3.63, 3.8) is 0 Å². The predicted molar refractivity (Wildman–Crippen MR) is 153 cm³/mol. The molecule has 214 valence electrons. The maximum absolute atomic E-state index is 13.0. The molecule has 3 aliphatic heterocycles. The number of aliphatic hydroxyl groups excluding tert-OH is 1. The van der Waals surface area contributed by atoms with Crippen LogP contribution in [0, 0.1) is 5.92 Å². The number of carbonyl (C=O) groups excluding carboxylic acids is 2. The van der Waals surface area contributed by atoms with E-state index in [-0.39, 0.29) is 36.5 Å². The average molecular weight is 557 g/mol. The van der Waals surface area contributed by atoms with E-state index in [0.29, 0.717) is 29.5 Å². The van der Waals surface area contributed by atoms with Gasteiger partial charge in [-0.15, -0.1) is 0 Å². The van der Waals surface area contributed by atoms with Gasteiger partial charge in [-0.1, -0.05) is 55.5 Å². The molecule has 0 aliphatic carbocycles. The summed E-state index contributed by atoms with van der Waals surface area (Å²) in [6, 6.07) is 22.4. The van der Waals surface area contributed by atoms with Gasteiger partial charge < -0.3 is 19.3 Å². The van der Waals surface area contributed by atoms with Gasteiger partial charge in [0.2, 0.25) is 0 Å². The number of ether oxygens (including phenoxy) is 3. The smallest absolute Gasteiger partial charge is 0.266 e. The second kappa shape index (κ2) is 11.8. The minimum atomic E-state index is -0.626. The molecule has 0 spiro atoms. The molecule has 0 aromatic heterocycles. The molecule has 8 heteroatoms. The molecule has 5 unspecified atom stereocenters. The first-order valence-electron chi connectivity index (χ1n) is 14.3. The monoisotopic (exact) mass is 556 g/mol. The van der Waals surface area contributed by atoms with Crippen LogP contribution in [0.4, 0.5) is 5.69 Å². The molecule has 5 atom stereocenters. The third-order valence-corrected chi connectivity index (χ3v) is 8.61. The minimum absolute atomic E-state index is 0.00891. The zero-order valence-corrected chi connectivity index (χ0v) is 23.4. The molecule has 8 nitrogen and oxygen atoms in total. The predicted octanol–water partition coefficient (Wildman–Crippen LogP) is 4.88. The maximum Gasteiger partial charge on any atom is 0.266 e. The topological polar surface area (TPSA) is 88.5 Å². The summed E-state index contributed by atoms with van der Waals surface area (Å²) in [4.78, 5) is 29.6. The van der Waals surface area contributed by atoms with Crippen molar-refractivity contribution in [2.75, 3.05) is 31.7 Å². The van der Waals surface area contributed by atoms with Crippen LogP contribution in [0.15, 0.2) is 72.8 Å². The van der Waals surface area contributed by atoms with E-state index < -0.39 is 6.29 Å². The van der Waals surface area contributed by atoms with E-state index in [1.807, 2.05) is 36.4 Å². The highest BCUT2D eigenvalue weighted by atomic mass is 16.7. The van der Waals surface area contributed by atoms with E-state index in [1.165, 1.54) is 4.90 Å². The number of hydrogen-bond donors (Lipinski definition) is 1. The van der Waals surface area contributed by atoms with E-state index in [1.54, 1.807) is 43.5 Å². The van der Waals surface area contributed by atoms with Crippen LogP contribution in [0.1, 0.15) is 69.6 Å². The first kappa shape index (κ1) is 27.8. The minimum Gasteiger partial charge on any atom is -0.392 e. The lowest BCUT2D eigenvalue weighted by Crippen LogP contribution is -2.46. The standard InChI is InChI=1S/C33H36N2O6/c1-21-29(18-34-17-5-6-26(34)20-39-2)40-33(41-30(21)23-11-9-22(19-36)10-12-23)24-13-15-25(16-14-24)35-31(37)27-7-3-4-8-28(27)32(35)38/h3-4,7-16,21,26,29-30,33,36H,5-6,17-20H2,1-2H3. The van der Waals surface area contributed by atoms with Crippen molar-refractivity contribution in [1.29, 1.82) is 0 Å². The van der Waals surface area contributed by atoms with E-state index in [0.717, 1.165) is 42.6 Å². The van der Waals surface area contributed by atoms with Crippen LogP contribution in [0.5, 0.6) is 0 Å². The Bertz CT molecular complexity index is 1360. The summed E-state index contributed by atoms with van der Waals surface area (Å²) >= 11 is 0. The number of imide groups is 1. The zero-order valence-electron chi connectivity index (χ0n) is 23.4. The van der Waals surface area contributed by atoms with Crippen molar-refractivity contribution in [3.05, 3.63) is 101 Å². The Morgan fingerprint density at radius 3 is 2.20 bits per heavy atom. The Hall–Kier alpha value is -3.40. The van der Waals surface area contributed by atoms with E-state index >= 15 is 0 Å². The van der Waals surface area contributed by atoms with Crippen LogP contribution in [0.3, 0.4) is 0 Å². The Kier molecular flexibility index (Phi) is 8.01. The van der Waals surface area contributed by atoms with Gasteiger partial charge in [0, 0.05) is 31.2 Å². The van der Waals surface area contributed by atoms with Gasteiger partial charge in [0.15, 0.2) is 6.29 Å². The van der Waals surface area contributed by atoms with Crippen LogP contribution >= 0.6 is 0 Å². The lowest BCUT2D eigenvalue weighted by atomic mass is 9.90. The maximum atomic E-state index is 13.0. The second-order valence-corrected chi connectivity index (χ2v) is 11.2. The number of fused-ring (bicyclic) bond motifs is 1. The fraction of sp³-hybridized carbons (Fsp3) is 0.394. The summed E-state index contributed by atoms with van der Waals surface area (Å²) in [7, 11) is 1.75. The number of methoxy groups -OCH3 is 1. The highest BCUT2D eigenvalue weighted by Crippen LogP contribution is 2.42. The molecule has 41 heavy (non-hydrogen) atoms. The highest BCUT2D eigenvalue weighted by Gasteiger charge is 2.41. The molecule has 0 bridgehead atoms. The lowest BCUT2D eigenvalue weighted by molar-refractivity contribution is -0.276. The Labute approximate surface area is 240 Å². The Morgan fingerprint density at radius 2 is 1.56 bits per heavy atom. The Balaban J connectivity index is 1.26. The number of carbonyl (C=O) groups is 2. The summed E-state index contributed by atoms with van der Waals surface area (Å²) in [6.45, 7) is 4.64. The van der Waals surface area contributed by atoms with Crippen LogP contribution in [0.2, 0.25) is 0 Å². The average Bonchev–Trinajstić information content (AvgIpc) is 3.55. The number of nitrogens with zero attached hydrogens (tertiary/aromatic N) is 2. The fourth-order valence-electron chi connectivity index (χ4n) is 6.28. The van der Waals surface area contributed by atoms with Crippen molar-refractivity contribution in [2.24, 2.45) is 5.92 Å². The third kappa shape index (κ3) is 5.34. The lowest BCUT2D eigenvalue weighted by Gasteiger charge is -2.43. The van der Waals surface area contributed by atoms with Crippen molar-refractivity contribution in [3.8, 4) is 0 Å². The van der Waals surface area contributed by atoms with Gasteiger partial charge in [-0.05, 0) is 54.8 Å². The fourth-order valence-corrected chi connectivity index (χ4v) is 6.28. The number of hydrogen-bond acceptors (Lipinski definition) is 7. The molecule has 0 radical (unpaired) electrons. The van der Waals surface area contributed by atoms with Gasteiger partial charge in [0.25, 0.3) is 11.8 Å². The van der Waals surface area contributed by atoms with Crippen LogP contribution in [-0.2, 0) is 20.8 Å². The van der Waals surface area contributed by atoms with Crippen LogP contribution in [-0.4, -0.2) is 60.8 Å². The summed E-state index contributed by atoms with van der Waals surface area (Å²) in [5, 5.41) is 9.52. The van der Waals surface area contributed by atoms with Crippen LogP contribution in [0.25, 0.3) is 0 Å². The number of anilines is 1. The summed E-state index contributed by atoms with van der Waals surface area (Å²) in [5.41, 5.74) is 4.04. The molecule has 3 aromatic carbocycles. The number of amides is 2. The molecular formula is C33H36N2O6. The van der Waals surface area contributed by atoms with E-state index in [2.05, 4.69) is 11.8 Å². The van der Waals surface area contributed by atoms with Gasteiger partial charge in [0.1, 0.15) is 0 Å². The normalized spacial score (nSPS) is 26.5. The summed E-state index contributed by atoms with van der Waals surface area (Å²) in [6.07, 6.45) is 1.31. The molecule has 2 fully saturated rings. The van der Waals surface area contributed by atoms with Crippen molar-refractivity contribution in [2.45, 2.75) is 50.9 Å². The summed E-state index contributed by atoms with van der Waals surface area (Å²) in [5.74, 6) is -0.562. The molecule has 3 aliphatic rings. The number of likely N-dealkylation sites (tertiary alicyclic amines) is 1. The first-order chi connectivity index (χ1) is 20.0. The molecule has 0 saturated carbocycles. The van der Waals surface area contributed by atoms with Gasteiger partial charge >= 0.3 is 0 Å². The van der Waals surface area contributed by atoms with Gasteiger partial charge in [0.05, 0.1) is 42.2 Å². The van der Waals surface area contributed by atoms with Crippen molar-refractivity contribution in [1.82, 2.24) is 4.90 Å². The van der Waals surface area contributed by atoms with Crippen LogP contribution < -0.4 is 4.90 Å². The largest absolute Gasteiger partial charge is 0.392 e. The van der Waals surface area contributed by atoms with Gasteiger partial charge in [-0.2, -0.15) is 0 Å². The first-order valence-corrected chi connectivity index (χ1v) is 14.3. The molecular weight excluding hydrogens is 520 g/mol. The molecule has 2 amide bonds. The molecule has 1 N–H and O–H groups in total. The third-order valence-electron chi connectivity index (χ3n) is 8.61. The number of benzene rings is 3. The van der Waals surface area contributed by atoms with Crippen molar-refractivity contribution >= 4 is 17.5 Å². The van der Waals surface area contributed by atoms with E-state index in [4.69, 9.17) is 14.2 Å². The van der Waals surface area contributed by atoms with Gasteiger partial charge in [-0.25, -0.2) is 4.90 Å². The number of rotatable bonds is 8.